The Bertz CT molecular complexity index is 941. The van der Waals surface area contributed by atoms with Gasteiger partial charge in [-0.25, -0.2) is 8.42 Å². The summed E-state index contributed by atoms with van der Waals surface area (Å²) in [4.78, 5) is 11.0. The Kier molecular flexibility index (Phi) is 6.54. The highest BCUT2D eigenvalue weighted by Crippen LogP contribution is 2.15. The van der Waals surface area contributed by atoms with Crippen LogP contribution < -0.4 is 0 Å². The first kappa shape index (κ1) is 18.5. The summed E-state index contributed by atoms with van der Waals surface area (Å²) in [5.74, 6) is 10.9. The van der Waals surface area contributed by atoms with Crippen molar-refractivity contribution in [2.75, 3.05) is 13.1 Å². The standard InChI is InChI=1S/C20H17NO3S/c1-18-11-13-20(14-12-18)25(23,24)21(16-17-22)15-7-3-6-10-19-8-4-2-5-9-19/h2,4-5,8-9,11-14,17H,15-16H2,1H3. The van der Waals surface area contributed by atoms with Gasteiger partial charge in [-0.1, -0.05) is 47.7 Å². The van der Waals surface area contributed by atoms with E-state index in [-0.39, 0.29) is 18.0 Å². The van der Waals surface area contributed by atoms with Gasteiger partial charge in [0.25, 0.3) is 0 Å². The SMILES string of the molecule is Cc1ccc(S(=O)(=O)N(CC#CC#Cc2ccccc2)CC=O)cc1. The third-order valence-corrected chi connectivity index (χ3v) is 5.15. The number of benzene rings is 2. The molecule has 2 rings (SSSR count). The van der Waals surface area contributed by atoms with Crippen LogP contribution in [0.4, 0.5) is 0 Å². The Morgan fingerprint density at radius 3 is 2.32 bits per heavy atom. The molecule has 0 radical (unpaired) electrons. The molecule has 0 atom stereocenters. The average Bonchev–Trinajstić information content (AvgIpc) is 2.61. The maximum atomic E-state index is 12.6. The summed E-state index contributed by atoms with van der Waals surface area (Å²) in [7, 11) is -3.77. The number of carbonyl (C=O) groups excluding carboxylic acids is 1. The van der Waals surface area contributed by atoms with Crippen molar-refractivity contribution >= 4 is 16.3 Å². The minimum absolute atomic E-state index is 0.0988. The van der Waals surface area contributed by atoms with Gasteiger partial charge < -0.3 is 4.79 Å². The number of rotatable bonds is 5. The highest BCUT2D eigenvalue weighted by molar-refractivity contribution is 7.89. The van der Waals surface area contributed by atoms with E-state index in [1.165, 1.54) is 12.1 Å². The zero-order valence-electron chi connectivity index (χ0n) is 13.8. The van der Waals surface area contributed by atoms with Crippen molar-refractivity contribution in [3.8, 4) is 23.7 Å². The van der Waals surface area contributed by atoms with Crippen LogP contribution in [0.2, 0.25) is 0 Å². The van der Waals surface area contributed by atoms with Gasteiger partial charge in [0.15, 0.2) is 0 Å². The largest absolute Gasteiger partial charge is 0.302 e. The minimum atomic E-state index is -3.77. The summed E-state index contributed by atoms with van der Waals surface area (Å²) >= 11 is 0. The van der Waals surface area contributed by atoms with E-state index in [2.05, 4.69) is 23.7 Å². The number of carbonyl (C=O) groups is 1. The van der Waals surface area contributed by atoms with Gasteiger partial charge in [-0.3, -0.25) is 0 Å². The molecule has 25 heavy (non-hydrogen) atoms. The summed E-state index contributed by atoms with van der Waals surface area (Å²) < 4.78 is 26.2. The Morgan fingerprint density at radius 1 is 1.00 bits per heavy atom. The molecule has 0 saturated heterocycles. The average molecular weight is 351 g/mol. The van der Waals surface area contributed by atoms with Crippen LogP contribution >= 0.6 is 0 Å². The van der Waals surface area contributed by atoms with Gasteiger partial charge in [-0.05, 0) is 43.0 Å². The van der Waals surface area contributed by atoms with Gasteiger partial charge >= 0.3 is 0 Å². The molecular weight excluding hydrogens is 334 g/mol. The monoisotopic (exact) mass is 351 g/mol. The van der Waals surface area contributed by atoms with E-state index in [9.17, 15) is 13.2 Å². The molecular formula is C20H17NO3S. The molecule has 0 saturated carbocycles. The molecule has 0 aliphatic carbocycles. The van der Waals surface area contributed by atoms with Crippen molar-refractivity contribution < 1.29 is 13.2 Å². The van der Waals surface area contributed by atoms with Gasteiger partial charge in [0.1, 0.15) is 6.29 Å². The summed E-state index contributed by atoms with van der Waals surface area (Å²) in [6.45, 7) is 1.52. The molecule has 0 fully saturated rings. The quantitative estimate of drug-likeness (QED) is 0.613. The van der Waals surface area contributed by atoms with E-state index in [4.69, 9.17) is 0 Å². The fraction of sp³-hybridized carbons (Fsp3) is 0.150. The molecule has 0 aliphatic rings. The van der Waals surface area contributed by atoms with Crippen molar-refractivity contribution in [2.24, 2.45) is 0 Å². The molecule has 2 aromatic carbocycles. The second-order valence-corrected chi connectivity index (χ2v) is 7.13. The highest BCUT2D eigenvalue weighted by Gasteiger charge is 2.23. The summed E-state index contributed by atoms with van der Waals surface area (Å²) in [6.07, 6.45) is 0.545. The molecule has 5 heteroatoms. The Labute approximate surface area is 148 Å². The molecule has 0 amide bonds. The number of aldehydes is 1. The van der Waals surface area contributed by atoms with Crippen LogP contribution in [0.5, 0.6) is 0 Å². The number of sulfonamides is 1. The number of hydrogen-bond donors (Lipinski definition) is 0. The van der Waals surface area contributed by atoms with E-state index in [1.54, 1.807) is 12.1 Å². The second kappa shape index (κ2) is 8.84. The maximum Gasteiger partial charge on any atom is 0.244 e. The highest BCUT2D eigenvalue weighted by atomic mass is 32.2. The van der Waals surface area contributed by atoms with E-state index in [0.717, 1.165) is 15.4 Å². The molecule has 0 unspecified atom stereocenters. The maximum absolute atomic E-state index is 12.6. The van der Waals surface area contributed by atoms with Crippen molar-refractivity contribution in [1.29, 1.82) is 0 Å². The predicted octanol–water partition coefficient (Wildman–Crippen LogP) is 2.24. The van der Waals surface area contributed by atoms with Gasteiger partial charge in [-0.15, -0.1) is 0 Å². The molecule has 0 aromatic heterocycles. The summed E-state index contributed by atoms with van der Waals surface area (Å²) in [6, 6.07) is 15.8. The topological polar surface area (TPSA) is 54.5 Å². The van der Waals surface area contributed by atoms with Crippen molar-refractivity contribution in [3.05, 3.63) is 65.7 Å². The van der Waals surface area contributed by atoms with Crippen LogP contribution in [0.25, 0.3) is 0 Å². The molecule has 0 bridgehead atoms. The number of aryl methyl sites for hydroxylation is 1. The van der Waals surface area contributed by atoms with Crippen LogP contribution in [-0.4, -0.2) is 32.1 Å². The van der Waals surface area contributed by atoms with Crippen LogP contribution in [0.3, 0.4) is 0 Å². The van der Waals surface area contributed by atoms with Gasteiger partial charge in [0.05, 0.1) is 18.0 Å². The zero-order chi connectivity index (χ0) is 18.1. The zero-order valence-corrected chi connectivity index (χ0v) is 14.6. The lowest BCUT2D eigenvalue weighted by molar-refractivity contribution is -0.108. The lowest BCUT2D eigenvalue weighted by Crippen LogP contribution is -2.33. The molecule has 4 nitrogen and oxygen atoms in total. The van der Waals surface area contributed by atoms with E-state index < -0.39 is 10.0 Å². The molecule has 0 aliphatic heterocycles. The first-order valence-electron chi connectivity index (χ1n) is 7.58. The summed E-state index contributed by atoms with van der Waals surface area (Å²) in [5.41, 5.74) is 1.78. The van der Waals surface area contributed by atoms with Crippen molar-refractivity contribution in [1.82, 2.24) is 4.31 Å². The van der Waals surface area contributed by atoms with E-state index in [1.807, 2.05) is 37.3 Å². The summed E-state index contributed by atoms with van der Waals surface area (Å²) in [5, 5.41) is 0. The Balaban J connectivity index is 2.14. The van der Waals surface area contributed by atoms with Crippen LogP contribution in [0.1, 0.15) is 11.1 Å². The molecule has 0 N–H and O–H groups in total. The van der Waals surface area contributed by atoms with E-state index in [0.29, 0.717) is 6.29 Å². The minimum Gasteiger partial charge on any atom is -0.302 e. The Morgan fingerprint density at radius 2 is 1.68 bits per heavy atom. The van der Waals surface area contributed by atoms with Gasteiger partial charge in [0, 0.05) is 5.56 Å². The van der Waals surface area contributed by atoms with Crippen LogP contribution in [0, 0.1) is 30.6 Å². The number of nitrogens with zero attached hydrogens (tertiary/aromatic N) is 1. The second-order valence-electron chi connectivity index (χ2n) is 5.20. The van der Waals surface area contributed by atoms with Gasteiger partial charge in [0.2, 0.25) is 10.0 Å². The fourth-order valence-electron chi connectivity index (χ4n) is 1.99. The molecule has 126 valence electrons. The fourth-order valence-corrected chi connectivity index (χ4v) is 3.26. The van der Waals surface area contributed by atoms with Gasteiger partial charge in [-0.2, -0.15) is 4.31 Å². The number of hydrogen-bond acceptors (Lipinski definition) is 3. The predicted molar refractivity (Wildman–Crippen MR) is 97.1 cm³/mol. The smallest absolute Gasteiger partial charge is 0.244 e. The molecule has 0 heterocycles. The normalized spacial score (nSPS) is 10.3. The molecule has 2 aromatic rings. The lowest BCUT2D eigenvalue weighted by atomic mass is 10.2. The van der Waals surface area contributed by atoms with Crippen molar-refractivity contribution in [3.63, 3.8) is 0 Å². The van der Waals surface area contributed by atoms with Crippen LogP contribution in [-0.2, 0) is 14.8 Å². The third kappa shape index (κ3) is 5.32. The third-order valence-electron chi connectivity index (χ3n) is 3.32. The van der Waals surface area contributed by atoms with E-state index >= 15 is 0 Å². The Hall–Kier alpha value is -2.86. The molecule has 0 spiro atoms. The van der Waals surface area contributed by atoms with Crippen LogP contribution in [0.15, 0.2) is 59.5 Å². The first-order chi connectivity index (χ1) is 12.0. The lowest BCUT2D eigenvalue weighted by Gasteiger charge is -2.17. The first-order valence-corrected chi connectivity index (χ1v) is 9.02. The van der Waals surface area contributed by atoms with Crippen molar-refractivity contribution in [2.45, 2.75) is 11.8 Å².